The molecule has 0 aliphatic carbocycles. The number of carbonyl (C=O) groups is 1. The number of carbonyl (C=O) groups excluding carboxylic acids is 1. The quantitative estimate of drug-likeness (QED) is 0.545. The Morgan fingerprint density at radius 3 is 2.50 bits per heavy atom. The minimum Gasteiger partial charge on any atom is -0.309 e. The van der Waals surface area contributed by atoms with Crippen LogP contribution in [0.25, 0.3) is 10.2 Å². The second-order valence-corrected chi connectivity index (χ2v) is 8.43. The Morgan fingerprint density at radius 2 is 1.86 bits per heavy atom. The summed E-state index contributed by atoms with van der Waals surface area (Å²) in [5.41, 5.74) is 2.64. The van der Waals surface area contributed by atoms with Crippen molar-refractivity contribution in [2.75, 3.05) is 32.1 Å². The number of nitrogens with zero attached hydrogens (tertiary/aromatic N) is 3. The zero-order valence-electron chi connectivity index (χ0n) is 16.2. The molecule has 0 N–H and O–H groups in total. The molecule has 4 nitrogen and oxygen atoms in total. The van der Waals surface area contributed by atoms with E-state index in [0.29, 0.717) is 16.7 Å². The highest BCUT2D eigenvalue weighted by atomic mass is 35.5. The minimum atomic E-state index is -0.310. The van der Waals surface area contributed by atoms with Crippen molar-refractivity contribution < 1.29 is 9.18 Å². The Bertz CT molecular complexity index is 933. The van der Waals surface area contributed by atoms with Crippen molar-refractivity contribution in [1.82, 2.24) is 9.88 Å². The van der Waals surface area contributed by atoms with Crippen LogP contribution < -0.4 is 4.90 Å². The van der Waals surface area contributed by atoms with Gasteiger partial charge in [-0.05, 0) is 63.3 Å². The Hall–Kier alpha value is -2.02. The molecule has 0 spiro atoms. The molecule has 3 rings (SSSR count). The summed E-state index contributed by atoms with van der Waals surface area (Å²) in [7, 11) is 4.01. The molecule has 2 aromatic carbocycles. The number of hydrogen-bond acceptors (Lipinski definition) is 4. The van der Waals surface area contributed by atoms with E-state index in [-0.39, 0.29) is 18.1 Å². The zero-order valence-corrected chi connectivity index (χ0v) is 17.8. The van der Waals surface area contributed by atoms with E-state index >= 15 is 0 Å². The van der Waals surface area contributed by atoms with Crippen molar-refractivity contribution in [2.24, 2.45) is 0 Å². The number of halogens is 2. The van der Waals surface area contributed by atoms with Crippen molar-refractivity contribution in [2.45, 2.75) is 19.8 Å². The van der Waals surface area contributed by atoms with Crippen LogP contribution in [0.4, 0.5) is 9.52 Å². The third-order valence-corrected chi connectivity index (χ3v) is 6.01. The van der Waals surface area contributed by atoms with Gasteiger partial charge in [0, 0.05) is 6.54 Å². The first-order chi connectivity index (χ1) is 13.3. The minimum absolute atomic E-state index is 0.0572. The fourth-order valence-corrected chi connectivity index (χ4v) is 4.31. The van der Waals surface area contributed by atoms with Crippen LogP contribution in [0.2, 0.25) is 5.02 Å². The lowest BCUT2D eigenvalue weighted by atomic mass is 10.1. The van der Waals surface area contributed by atoms with Gasteiger partial charge in [0.2, 0.25) is 5.91 Å². The number of anilines is 1. The Morgan fingerprint density at radius 1 is 1.14 bits per heavy atom. The predicted molar refractivity (Wildman–Crippen MR) is 115 cm³/mol. The summed E-state index contributed by atoms with van der Waals surface area (Å²) in [4.78, 5) is 21.6. The van der Waals surface area contributed by atoms with Gasteiger partial charge >= 0.3 is 0 Å². The van der Waals surface area contributed by atoms with E-state index in [1.165, 1.54) is 23.5 Å². The van der Waals surface area contributed by atoms with Gasteiger partial charge in [-0.3, -0.25) is 9.69 Å². The number of rotatable bonds is 7. The van der Waals surface area contributed by atoms with Gasteiger partial charge in [0.15, 0.2) is 5.13 Å². The van der Waals surface area contributed by atoms with Gasteiger partial charge in [-0.2, -0.15) is 0 Å². The van der Waals surface area contributed by atoms with Gasteiger partial charge in [0.25, 0.3) is 0 Å². The number of aryl methyl sites for hydroxylation is 1. The molecule has 1 aromatic heterocycles. The first-order valence-corrected chi connectivity index (χ1v) is 10.3. The lowest BCUT2D eigenvalue weighted by Gasteiger charge is -2.21. The summed E-state index contributed by atoms with van der Waals surface area (Å²) in [5.74, 6) is -0.367. The number of aromatic nitrogens is 1. The second kappa shape index (κ2) is 8.99. The fourth-order valence-electron chi connectivity index (χ4n) is 2.95. The predicted octanol–water partition coefficient (Wildman–Crippen LogP) is 4.92. The van der Waals surface area contributed by atoms with Crippen LogP contribution in [0.15, 0.2) is 36.4 Å². The highest BCUT2D eigenvalue weighted by Gasteiger charge is 2.21. The zero-order chi connectivity index (χ0) is 20.3. The first-order valence-electron chi connectivity index (χ1n) is 9.10. The molecule has 28 heavy (non-hydrogen) atoms. The molecule has 0 saturated carbocycles. The fraction of sp³-hybridized carbons (Fsp3) is 0.333. The molecule has 7 heteroatoms. The molecule has 0 saturated heterocycles. The summed E-state index contributed by atoms with van der Waals surface area (Å²) in [6.07, 6.45) is 1.02. The molecule has 0 radical (unpaired) electrons. The van der Waals surface area contributed by atoms with E-state index in [2.05, 4.69) is 4.90 Å². The lowest BCUT2D eigenvalue weighted by Crippen LogP contribution is -2.34. The normalized spacial score (nSPS) is 11.4. The monoisotopic (exact) mass is 419 g/mol. The van der Waals surface area contributed by atoms with E-state index in [1.54, 1.807) is 17.0 Å². The highest BCUT2D eigenvalue weighted by molar-refractivity contribution is 7.23. The third-order valence-electron chi connectivity index (χ3n) is 4.47. The lowest BCUT2D eigenvalue weighted by molar-refractivity contribution is -0.118. The topological polar surface area (TPSA) is 36.4 Å². The smallest absolute Gasteiger partial charge is 0.233 e. The van der Waals surface area contributed by atoms with E-state index in [0.717, 1.165) is 34.3 Å². The van der Waals surface area contributed by atoms with Gasteiger partial charge in [-0.1, -0.05) is 41.1 Å². The molecular weight excluding hydrogens is 397 g/mol. The van der Waals surface area contributed by atoms with Crippen LogP contribution in [0.5, 0.6) is 0 Å². The maximum Gasteiger partial charge on any atom is 0.233 e. The number of benzene rings is 2. The van der Waals surface area contributed by atoms with Crippen LogP contribution in [-0.2, 0) is 11.2 Å². The molecule has 148 valence electrons. The van der Waals surface area contributed by atoms with Gasteiger partial charge < -0.3 is 4.90 Å². The van der Waals surface area contributed by atoms with E-state index in [9.17, 15) is 9.18 Å². The summed E-state index contributed by atoms with van der Waals surface area (Å²) >= 11 is 7.78. The average molecular weight is 420 g/mol. The third kappa shape index (κ3) is 4.87. The summed E-state index contributed by atoms with van der Waals surface area (Å²) < 4.78 is 14.1. The number of fused-ring (bicyclic) bond motifs is 1. The molecule has 0 fully saturated rings. The second-order valence-electron chi connectivity index (χ2n) is 7.04. The van der Waals surface area contributed by atoms with E-state index in [4.69, 9.17) is 16.6 Å². The van der Waals surface area contributed by atoms with Crippen LogP contribution in [0, 0.1) is 12.7 Å². The molecule has 1 heterocycles. The van der Waals surface area contributed by atoms with Crippen molar-refractivity contribution in [1.29, 1.82) is 0 Å². The Balaban J connectivity index is 1.89. The summed E-state index contributed by atoms with van der Waals surface area (Å²) in [6.45, 7) is 3.42. The Labute approximate surface area is 173 Å². The average Bonchev–Trinajstić information content (AvgIpc) is 3.10. The highest BCUT2D eigenvalue weighted by Crippen LogP contribution is 2.35. The van der Waals surface area contributed by atoms with Crippen molar-refractivity contribution in [3.63, 3.8) is 0 Å². The number of amides is 1. The molecule has 3 aromatic rings. The molecule has 0 aliphatic heterocycles. The molecule has 0 aliphatic rings. The van der Waals surface area contributed by atoms with E-state index in [1.807, 2.05) is 33.2 Å². The SMILES string of the molecule is Cc1ccc(Cl)c2sc(N(CCCN(C)C)C(=O)Cc3ccc(F)cc3)nc12. The van der Waals surface area contributed by atoms with Crippen molar-refractivity contribution in [3.05, 3.63) is 58.4 Å². The van der Waals surface area contributed by atoms with Gasteiger partial charge in [-0.15, -0.1) is 0 Å². The standard InChI is InChI=1S/C21H23ClFN3OS/c1-14-5-10-17(22)20-19(14)24-21(28-20)26(12-4-11-25(2)3)18(27)13-15-6-8-16(23)9-7-15/h5-10H,4,11-13H2,1-3H3. The van der Waals surface area contributed by atoms with Crippen LogP contribution in [-0.4, -0.2) is 43.0 Å². The van der Waals surface area contributed by atoms with Gasteiger partial charge in [0.05, 0.1) is 21.7 Å². The molecule has 0 atom stereocenters. The molecular formula is C21H23ClFN3OS. The van der Waals surface area contributed by atoms with Gasteiger partial charge in [0.1, 0.15) is 5.82 Å². The first kappa shape index (κ1) is 20.7. The van der Waals surface area contributed by atoms with Crippen molar-refractivity contribution >= 4 is 44.2 Å². The summed E-state index contributed by atoms with van der Waals surface area (Å²) in [6, 6.07) is 9.83. The van der Waals surface area contributed by atoms with Crippen LogP contribution in [0.3, 0.4) is 0 Å². The Kier molecular flexibility index (Phi) is 6.65. The van der Waals surface area contributed by atoms with Crippen LogP contribution >= 0.6 is 22.9 Å². The molecule has 0 unspecified atom stereocenters. The van der Waals surface area contributed by atoms with E-state index < -0.39 is 0 Å². The van der Waals surface area contributed by atoms with Crippen LogP contribution in [0.1, 0.15) is 17.5 Å². The van der Waals surface area contributed by atoms with Gasteiger partial charge in [-0.25, -0.2) is 9.37 Å². The van der Waals surface area contributed by atoms with Crippen molar-refractivity contribution in [3.8, 4) is 0 Å². The maximum absolute atomic E-state index is 13.2. The largest absolute Gasteiger partial charge is 0.309 e. The maximum atomic E-state index is 13.2. The summed E-state index contributed by atoms with van der Waals surface area (Å²) in [5, 5.41) is 1.29. The number of hydrogen-bond donors (Lipinski definition) is 0. The molecule has 1 amide bonds. The number of thiazole rings is 1. The molecule has 0 bridgehead atoms.